The van der Waals surface area contributed by atoms with E-state index in [4.69, 9.17) is 4.74 Å². The SMILES string of the molecule is COc1cc(NCC2=CC=CCC2)cc(F)c1C. The van der Waals surface area contributed by atoms with E-state index in [1.165, 1.54) is 11.6 Å². The van der Waals surface area contributed by atoms with Gasteiger partial charge in [0.2, 0.25) is 0 Å². The lowest BCUT2D eigenvalue weighted by Crippen LogP contribution is -2.06. The Balaban J connectivity index is 2.07. The number of rotatable bonds is 4. The number of allylic oxidation sites excluding steroid dienone is 3. The van der Waals surface area contributed by atoms with Crippen LogP contribution in [-0.2, 0) is 0 Å². The summed E-state index contributed by atoms with van der Waals surface area (Å²) in [5.41, 5.74) is 2.63. The van der Waals surface area contributed by atoms with Crippen molar-refractivity contribution in [2.45, 2.75) is 19.8 Å². The average molecular weight is 247 g/mol. The third-order valence-corrected chi connectivity index (χ3v) is 3.14. The molecule has 1 aromatic rings. The van der Waals surface area contributed by atoms with Gasteiger partial charge in [-0.25, -0.2) is 4.39 Å². The van der Waals surface area contributed by atoms with E-state index in [1.807, 2.05) is 6.07 Å². The third-order valence-electron chi connectivity index (χ3n) is 3.14. The molecule has 0 bridgehead atoms. The van der Waals surface area contributed by atoms with Crippen molar-refractivity contribution in [3.8, 4) is 5.75 Å². The number of halogens is 1. The highest BCUT2D eigenvalue weighted by Gasteiger charge is 2.08. The van der Waals surface area contributed by atoms with Crippen LogP contribution in [-0.4, -0.2) is 13.7 Å². The maximum atomic E-state index is 13.6. The molecule has 0 radical (unpaired) electrons. The highest BCUT2D eigenvalue weighted by Crippen LogP contribution is 2.26. The summed E-state index contributed by atoms with van der Waals surface area (Å²) >= 11 is 0. The lowest BCUT2D eigenvalue weighted by molar-refractivity contribution is 0.407. The molecular formula is C15H18FNO. The van der Waals surface area contributed by atoms with E-state index in [0.29, 0.717) is 11.3 Å². The van der Waals surface area contributed by atoms with Gasteiger partial charge in [-0.2, -0.15) is 0 Å². The van der Waals surface area contributed by atoms with Gasteiger partial charge in [0.05, 0.1) is 7.11 Å². The predicted octanol–water partition coefficient (Wildman–Crippen LogP) is 3.83. The van der Waals surface area contributed by atoms with Crippen LogP contribution in [0.3, 0.4) is 0 Å². The Morgan fingerprint density at radius 3 is 2.89 bits per heavy atom. The lowest BCUT2D eigenvalue weighted by atomic mass is 10.1. The fourth-order valence-electron chi connectivity index (χ4n) is 1.98. The molecule has 2 nitrogen and oxygen atoms in total. The molecule has 3 heteroatoms. The van der Waals surface area contributed by atoms with Crippen molar-refractivity contribution in [1.29, 1.82) is 0 Å². The molecule has 0 amide bonds. The quantitative estimate of drug-likeness (QED) is 0.873. The minimum Gasteiger partial charge on any atom is -0.496 e. The van der Waals surface area contributed by atoms with Gasteiger partial charge < -0.3 is 10.1 Å². The number of benzene rings is 1. The zero-order valence-corrected chi connectivity index (χ0v) is 10.8. The van der Waals surface area contributed by atoms with Gasteiger partial charge in [0.1, 0.15) is 11.6 Å². The van der Waals surface area contributed by atoms with Gasteiger partial charge in [0.15, 0.2) is 0 Å². The molecule has 0 atom stereocenters. The first-order valence-corrected chi connectivity index (χ1v) is 6.13. The van der Waals surface area contributed by atoms with Crippen molar-refractivity contribution >= 4 is 5.69 Å². The molecule has 1 aromatic carbocycles. The van der Waals surface area contributed by atoms with Gasteiger partial charge in [0.25, 0.3) is 0 Å². The molecule has 2 rings (SSSR count). The normalized spacial score (nSPS) is 14.3. The molecule has 0 fully saturated rings. The second kappa shape index (κ2) is 5.71. The minimum atomic E-state index is -0.241. The van der Waals surface area contributed by atoms with Crippen molar-refractivity contribution in [1.82, 2.24) is 0 Å². The molecule has 1 aliphatic rings. The van der Waals surface area contributed by atoms with E-state index in [1.54, 1.807) is 14.0 Å². The van der Waals surface area contributed by atoms with Crippen molar-refractivity contribution < 1.29 is 9.13 Å². The van der Waals surface area contributed by atoms with Crippen LogP contribution in [0.5, 0.6) is 5.75 Å². The fourth-order valence-corrected chi connectivity index (χ4v) is 1.98. The monoisotopic (exact) mass is 247 g/mol. The van der Waals surface area contributed by atoms with E-state index in [9.17, 15) is 4.39 Å². The molecule has 96 valence electrons. The molecule has 0 heterocycles. The number of anilines is 1. The molecule has 0 spiro atoms. The highest BCUT2D eigenvalue weighted by atomic mass is 19.1. The van der Waals surface area contributed by atoms with Crippen LogP contribution in [0, 0.1) is 12.7 Å². The Kier molecular flexibility index (Phi) is 4.03. The lowest BCUT2D eigenvalue weighted by Gasteiger charge is -2.13. The third kappa shape index (κ3) is 2.92. The summed E-state index contributed by atoms with van der Waals surface area (Å²) in [6, 6.07) is 3.34. The van der Waals surface area contributed by atoms with E-state index >= 15 is 0 Å². The minimum absolute atomic E-state index is 0.241. The van der Waals surface area contributed by atoms with Crippen molar-refractivity contribution in [2.24, 2.45) is 0 Å². The Bertz CT molecular complexity index is 492. The molecule has 0 saturated heterocycles. The predicted molar refractivity (Wildman–Crippen MR) is 72.6 cm³/mol. The van der Waals surface area contributed by atoms with Crippen LogP contribution < -0.4 is 10.1 Å². The Labute approximate surface area is 107 Å². The Morgan fingerprint density at radius 1 is 1.39 bits per heavy atom. The Morgan fingerprint density at radius 2 is 2.22 bits per heavy atom. The second-order valence-corrected chi connectivity index (χ2v) is 4.43. The maximum absolute atomic E-state index is 13.6. The molecule has 1 aliphatic carbocycles. The van der Waals surface area contributed by atoms with E-state index < -0.39 is 0 Å². The molecule has 0 aliphatic heterocycles. The summed E-state index contributed by atoms with van der Waals surface area (Å²) in [5.74, 6) is 0.337. The largest absolute Gasteiger partial charge is 0.496 e. The van der Waals surface area contributed by atoms with Crippen molar-refractivity contribution in [3.05, 3.63) is 47.3 Å². The van der Waals surface area contributed by atoms with Crippen LogP contribution in [0.15, 0.2) is 35.9 Å². The first-order valence-electron chi connectivity index (χ1n) is 6.13. The molecular weight excluding hydrogens is 229 g/mol. The molecule has 1 N–H and O–H groups in total. The topological polar surface area (TPSA) is 21.3 Å². The maximum Gasteiger partial charge on any atom is 0.131 e. The fraction of sp³-hybridized carbons (Fsp3) is 0.333. The summed E-state index contributed by atoms with van der Waals surface area (Å²) in [6.45, 7) is 2.46. The molecule has 0 saturated carbocycles. The van der Waals surface area contributed by atoms with Crippen molar-refractivity contribution in [3.63, 3.8) is 0 Å². The van der Waals surface area contributed by atoms with Crippen LogP contribution in [0.4, 0.5) is 10.1 Å². The first kappa shape index (κ1) is 12.7. The van der Waals surface area contributed by atoms with Gasteiger partial charge in [0, 0.05) is 23.9 Å². The molecule has 18 heavy (non-hydrogen) atoms. The number of hydrogen-bond donors (Lipinski definition) is 1. The van der Waals surface area contributed by atoms with Crippen molar-refractivity contribution in [2.75, 3.05) is 19.0 Å². The van der Waals surface area contributed by atoms with Gasteiger partial charge in [-0.15, -0.1) is 0 Å². The van der Waals surface area contributed by atoms with Gasteiger partial charge >= 0.3 is 0 Å². The average Bonchev–Trinajstić information content (AvgIpc) is 2.41. The van der Waals surface area contributed by atoms with Gasteiger partial charge in [-0.3, -0.25) is 0 Å². The van der Waals surface area contributed by atoms with Gasteiger partial charge in [-0.1, -0.05) is 23.8 Å². The molecule has 0 unspecified atom stereocenters. The Hall–Kier alpha value is -1.77. The summed E-state index contributed by atoms with van der Waals surface area (Å²) in [7, 11) is 1.56. The summed E-state index contributed by atoms with van der Waals surface area (Å²) in [5, 5.41) is 3.23. The van der Waals surface area contributed by atoms with Crippen LogP contribution in [0.1, 0.15) is 18.4 Å². The smallest absolute Gasteiger partial charge is 0.131 e. The number of hydrogen-bond acceptors (Lipinski definition) is 2. The second-order valence-electron chi connectivity index (χ2n) is 4.43. The van der Waals surface area contributed by atoms with E-state index in [-0.39, 0.29) is 5.82 Å². The number of methoxy groups -OCH3 is 1. The zero-order valence-electron chi connectivity index (χ0n) is 10.8. The van der Waals surface area contributed by atoms with Crippen LogP contribution in [0.25, 0.3) is 0 Å². The van der Waals surface area contributed by atoms with Crippen LogP contribution in [0.2, 0.25) is 0 Å². The first-order chi connectivity index (χ1) is 8.70. The van der Waals surface area contributed by atoms with E-state index in [0.717, 1.165) is 25.1 Å². The van der Waals surface area contributed by atoms with E-state index in [2.05, 4.69) is 23.5 Å². The van der Waals surface area contributed by atoms with Gasteiger partial charge in [-0.05, 0) is 25.8 Å². The van der Waals surface area contributed by atoms with Crippen LogP contribution >= 0.6 is 0 Å². The highest BCUT2D eigenvalue weighted by molar-refractivity contribution is 5.53. The number of nitrogens with one attached hydrogen (secondary N) is 1. The number of ether oxygens (including phenoxy) is 1. The summed E-state index contributed by atoms with van der Waals surface area (Å²) in [4.78, 5) is 0. The summed E-state index contributed by atoms with van der Waals surface area (Å²) < 4.78 is 18.8. The standard InChI is InChI=1S/C15H18FNO/c1-11-14(16)8-13(9-15(11)18-2)17-10-12-6-4-3-5-7-12/h3-4,6,8-9,17H,5,7,10H2,1-2H3. The summed E-state index contributed by atoms with van der Waals surface area (Å²) in [6.07, 6.45) is 8.47. The molecule has 0 aromatic heterocycles. The zero-order chi connectivity index (χ0) is 13.0.